The van der Waals surface area contributed by atoms with E-state index in [-0.39, 0.29) is 0 Å². The van der Waals surface area contributed by atoms with Crippen LogP contribution in [-0.2, 0) is 6.54 Å². The normalized spacial score (nSPS) is 10.8. The number of para-hydroxylation sites is 1. The summed E-state index contributed by atoms with van der Waals surface area (Å²) in [7, 11) is 0. The summed E-state index contributed by atoms with van der Waals surface area (Å²) in [6, 6.07) is 13.7. The fourth-order valence-electron chi connectivity index (χ4n) is 1.68. The van der Waals surface area contributed by atoms with E-state index in [1.807, 2.05) is 42.5 Å². The molecule has 16 heavy (non-hydrogen) atoms. The number of furan rings is 2. The zero-order valence-corrected chi connectivity index (χ0v) is 8.64. The lowest BCUT2D eigenvalue weighted by atomic mass is 10.2. The van der Waals surface area contributed by atoms with Crippen LogP contribution in [0.3, 0.4) is 0 Å². The third-order valence-corrected chi connectivity index (χ3v) is 2.43. The summed E-state index contributed by atoms with van der Waals surface area (Å²) in [5.41, 5.74) is 0.916. The van der Waals surface area contributed by atoms with Crippen LogP contribution in [0, 0.1) is 0 Å². The van der Waals surface area contributed by atoms with Crippen LogP contribution in [-0.4, -0.2) is 0 Å². The monoisotopic (exact) mass is 213 g/mol. The lowest BCUT2D eigenvalue weighted by Gasteiger charge is -1.98. The third-order valence-electron chi connectivity index (χ3n) is 2.43. The van der Waals surface area contributed by atoms with E-state index in [0.717, 1.165) is 22.6 Å². The molecule has 1 N–H and O–H groups in total. The molecule has 0 unspecified atom stereocenters. The number of nitrogens with one attached hydrogen (secondary N) is 1. The zero-order chi connectivity index (χ0) is 10.8. The second-order valence-electron chi connectivity index (χ2n) is 3.58. The van der Waals surface area contributed by atoms with Crippen molar-refractivity contribution in [2.24, 2.45) is 0 Å². The Hall–Kier alpha value is -2.16. The molecule has 0 fully saturated rings. The van der Waals surface area contributed by atoms with Crippen molar-refractivity contribution in [1.29, 1.82) is 0 Å². The first-order valence-corrected chi connectivity index (χ1v) is 5.17. The fraction of sp³-hybridized carbons (Fsp3) is 0.0769. The van der Waals surface area contributed by atoms with Crippen LogP contribution in [0.5, 0.6) is 0 Å². The molecule has 3 nitrogen and oxygen atoms in total. The summed E-state index contributed by atoms with van der Waals surface area (Å²) in [5, 5.41) is 4.27. The summed E-state index contributed by atoms with van der Waals surface area (Å²) >= 11 is 0. The Morgan fingerprint density at radius 3 is 2.81 bits per heavy atom. The van der Waals surface area contributed by atoms with Gasteiger partial charge >= 0.3 is 0 Å². The molecule has 2 aromatic heterocycles. The maximum atomic E-state index is 5.66. The van der Waals surface area contributed by atoms with Crippen molar-refractivity contribution in [1.82, 2.24) is 0 Å². The molecule has 0 aliphatic rings. The van der Waals surface area contributed by atoms with Crippen LogP contribution in [0.1, 0.15) is 5.76 Å². The maximum Gasteiger partial charge on any atom is 0.192 e. The van der Waals surface area contributed by atoms with Crippen molar-refractivity contribution in [2.45, 2.75) is 6.54 Å². The molecule has 80 valence electrons. The minimum Gasteiger partial charge on any atom is -0.459 e. The predicted octanol–water partition coefficient (Wildman–Crippen LogP) is 3.64. The van der Waals surface area contributed by atoms with Gasteiger partial charge in [0.1, 0.15) is 11.3 Å². The number of benzene rings is 1. The van der Waals surface area contributed by atoms with Gasteiger partial charge in [-0.15, -0.1) is 0 Å². The maximum absolute atomic E-state index is 5.66. The van der Waals surface area contributed by atoms with Crippen molar-refractivity contribution < 1.29 is 8.83 Å². The first-order chi connectivity index (χ1) is 7.92. The van der Waals surface area contributed by atoms with Crippen molar-refractivity contribution in [2.75, 3.05) is 5.32 Å². The lowest BCUT2D eigenvalue weighted by molar-refractivity contribution is 0.544. The summed E-state index contributed by atoms with van der Waals surface area (Å²) in [6.07, 6.45) is 1.64. The largest absolute Gasteiger partial charge is 0.459 e. The van der Waals surface area contributed by atoms with E-state index in [4.69, 9.17) is 8.83 Å². The summed E-state index contributed by atoms with van der Waals surface area (Å²) in [6.45, 7) is 0.627. The highest BCUT2D eigenvalue weighted by atomic mass is 16.3. The van der Waals surface area contributed by atoms with Gasteiger partial charge in [0, 0.05) is 11.5 Å². The molecule has 3 heteroatoms. The molecule has 0 amide bonds. The van der Waals surface area contributed by atoms with Gasteiger partial charge in [0.25, 0.3) is 0 Å². The molecule has 0 saturated heterocycles. The Morgan fingerprint density at radius 1 is 1.06 bits per heavy atom. The van der Waals surface area contributed by atoms with Gasteiger partial charge in [0.05, 0.1) is 12.8 Å². The van der Waals surface area contributed by atoms with E-state index >= 15 is 0 Å². The van der Waals surface area contributed by atoms with Crippen LogP contribution in [0.2, 0.25) is 0 Å². The van der Waals surface area contributed by atoms with Gasteiger partial charge in [-0.25, -0.2) is 0 Å². The molecule has 3 aromatic rings. The summed E-state index contributed by atoms with van der Waals surface area (Å²) in [5.74, 6) is 1.65. The molecule has 0 saturated carbocycles. The van der Waals surface area contributed by atoms with E-state index in [1.54, 1.807) is 6.26 Å². The number of rotatable bonds is 3. The number of anilines is 1. The van der Waals surface area contributed by atoms with Gasteiger partial charge in [0.15, 0.2) is 5.88 Å². The quantitative estimate of drug-likeness (QED) is 0.721. The minimum absolute atomic E-state index is 0.627. The number of hydrogen-bond donors (Lipinski definition) is 1. The molecule has 0 bridgehead atoms. The second-order valence-corrected chi connectivity index (χ2v) is 3.58. The Morgan fingerprint density at radius 2 is 2.00 bits per heavy atom. The average Bonchev–Trinajstić information content (AvgIpc) is 2.95. The molecule has 1 aromatic carbocycles. The van der Waals surface area contributed by atoms with Crippen molar-refractivity contribution >= 4 is 16.9 Å². The highest BCUT2D eigenvalue weighted by molar-refractivity contribution is 5.77. The predicted molar refractivity (Wildman–Crippen MR) is 62.2 cm³/mol. The number of fused-ring (bicyclic) bond motifs is 1. The van der Waals surface area contributed by atoms with Gasteiger partial charge < -0.3 is 14.2 Å². The SMILES string of the molecule is c1coc(NCc2cc3ccccc3o2)c1. The topological polar surface area (TPSA) is 38.3 Å². The molecular formula is C13H11NO2. The fourth-order valence-corrected chi connectivity index (χ4v) is 1.68. The molecule has 0 atom stereocenters. The smallest absolute Gasteiger partial charge is 0.192 e. The van der Waals surface area contributed by atoms with E-state index in [0.29, 0.717) is 6.54 Å². The van der Waals surface area contributed by atoms with Crippen LogP contribution < -0.4 is 5.32 Å². The third kappa shape index (κ3) is 1.67. The minimum atomic E-state index is 0.627. The second kappa shape index (κ2) is 3.77. The van der Waals surface area contributed by atoms with E-state index in [9.17, 15) is 0 Å². The van der Waals surface area contributed by atoms with Crippen LogP contribution in [0.25, 0.3) is 11.0 Å². The molecule has 0 aliphatic carbocycles. The van der Waals surface area contributed by atoms with Crippen molar-refractivity contribution in [3.8, 4) is 0 Å². The Kier molecular flexibility index (Phi) is 2.14. The Labute approximate surface area is 92.7 Å². The van der Waals surface area contributed by atoms with Gasteiger partial charge in [-0.2, -0.15) is 0 Å². The van der Waals surface area contributed by atoms with Crippen LogP contribution in [0.4, 0.5) is 5.88 Å². The molecule has 0 spiro atoms. The number of hydrogen-bond acceptors (Lipinski definition) is 3. The Bertz CT molecular complexity index is 548. The van der Waals surface area contributed by atoms with Gasteiger partial charge in [0.2, 0.25) is 0 Å². The van der Waals surface area contributed by atoms with Crippen LogP contribution >= 0.6 is 0 Å². The molecular weight excluding hydrogens is 202 g/mol. The van der Waals surface area contributed by atoms with Crippen molar-refractivity contribution in [3.05, 3.63) is 54.5 Å². The summed E-state index contributed by atoms with van der Waals surface area (Å²) in [4.78, 5) is 0. The molecule has 2 heterocycles. The van der Waals surface area contributed by atoms with Gasteiger partial charge in [-0.05, 0) is 18.2 Å². The molecule has 0 radical (unpaired) electrons. The van der Waals surface area contributed by atoms with Gasteiger partial charge in [-0.1, -0.05) is 18.2 Å². The first kappa shape index (κ1) is 9.09. The zero-order valence-electron chi connectivity index (χ0n) is 8.64. The average molecular weight is 213 g/mol. The highest BCUT2D eigenvalue weighted by Crippen LogP contribution is 2.19. The van der Waals surface area contributed by atoms with E-state index in [1.165, 1.54) is 0 Å². The van der Waals surface area contributed by atoms with E-state index < -0.39 is 0 Å². The van der Waals surface area contributed by atoms with E-state index in [2.05, 4.69) is 5.32 Å². The highest BCUT2D eigenvalue weighted by Gasteiger charge is 2.02. The summed E-state index contributed by atoms with van der Waals surface area (Å²) < 4.78 is 10.8. The van der Waals surface area contributed by atoms with Gasteiger partial charge in [-0.3, -0.25) is 0 Å². The Balaban J connectivity index is 1.79. The standard InChI is InChI=1S/C13H11NO2/c1-2-5-12-10(4-1)8-11(16-12)9-14-13-6-3-7-15-13/h1-8,14H,9H2. The molecule has 3 rings (SSSR count). The lowest BCUT2D eigenvalue weighted by Crippen LogP contribution is -1.95. The van der Waals surface area contributed by atoms with Crippen molar-refractivity contribution in [3.63, 3.8) is 0 Å². The molecule has 0 aliphatic heterocycles. The van der Waals surface area contributed by atoms with Crippen LogP contribution in [0.15, 0.2) is 57.6 Å². The first-order valence-electron chi connectivity index (χ1n) is 5.17.